The lowest BCUT2D eigenvalue weighted by atomic mass is 10.1. The SMILES string of the molecule is CCCNc1ccc(S(=O)(=O)N(C)C(C)CC(C)C)cn1. The molecular weight excluding hydrogens is 286 g/mol. The molecule has 21 heavy (non-hydrogen) atoms. The van der Waals surface area contributed by atoms with Crippen molar-refractivity contribution in [2.24, 2.45) is 5.92 Å². The highest BCUT2D eigenvalue weighted by Crippen LogP contribution is 2.20. The third kappa shape index (κ3) is 4.97. The van der Waals surface area contributed by atoms with Crippen molar-refractivity contribution in [2.45, 2.75) is 51.5 Å². The van der Waals surface area contributed by atoms with Crippen LogP contribution in [-0.4, -0.2) is 37.3 Å². The van der Waals surface area contributed by atoms with E-state index in [0.29, 0.717) is 11.7 Å². The summed E-state index contributed by atoms with van der Waals surface area (Å²) in [5.41, 5.74) is 0. The van der Waals surface area contributed by atoms with E-state index in [1.54, 1.807) is 19.2 Å². The van der Waals surface area contributed by atoms with Gasteiger partial charge in [0.2, 0.25) is 10.0 Å². The Morgan fingerprint density at radius 2 is 1.95 bits per heavy atom. The first kappa shape index (κ1) is 17.9. The molecule has 1 rings (SSSR count). The van der Waals surface area contributed by atoms with E-state index < -0.39 is 10.0 Å². The van der Waals surface area contributed by atoms with Crippen LogP contribution in [0.4, 0.5) is 5.82 Å². The van der Waals surface area contributed by atoms with Gasteiger partial charge < -0.3 is 5.32 Å². The third-order valence-corrected chi connectivity index (χ3v) is 5.36. The summed E-state index contributed by atoms with van der Waals surface area (Å²) in [6.45, 7) is 9.00. The van der Waals surface area contributed by atoms with E-state index in [9.17, 15) is 8.42 Å². The summed E-state index contributed by atoms with van der Waals surface area (Å²) < 4.78 is 26.5. The topological polar surface area (TPSA) is 62.3 Å². The summed E-state index contributed by atoms with van der Waals surface area (Å²) in [6.07, 6.45) is 3.25. The molecule has 120 valence electrons. The van der Waals surface area contributed by atoms with Crippen LogP contribution in [0.2, 0.25) is 0 Å². The zero-order chi connectivity index (χ0) is 16.0. The van der Waals surface area contributed by atoms with E-state index in [1.807, 2.05) is 6.92 Å². The van der Waals surface area contributed by atoms with E-state index in [1.165, 1.54) is 10.5 Å². The maximum absolute atomic E-state index is 12.5. The van der Waals surface area contributed by atoms with Crippen molar-refractivity contribution in [3.05, 3.63) is 18.3 Å². The molecule has 0 bridgehead atoms. The van der Waals surface area contributed by atoms with Crippen molar-refractivity contribution in [1.29, 1.82) is 0 Å². The fourth-order valence-corrected chi connectivity index (χ4v) is 3.44. The Morgan fingerprint density at radius 3 is 2.43 bits per heavy atom. The largest absolute Gasteiger partial charge is 0.370 e. The first-order valence-corrected chi connectivity index (χ1v) is 8.91. The van der Waals surface area contributed by atoms with Gasteiger partial charge in [0.25, 0.3) is 0 Å². The van der Waals surface area contributed by atoms with Crippen LogP contribution in [0.5, 0.6) is 0 Å². The first-order valence-electron chi connectivity index (χ1n) is 7.47. The zero-order valence-corrected chi connectivity index (χ0v) is 14.4. The van der Waals surface area contributed by atoms with Gasteiger partial charge in [-0.15, -0.1) is 0 Å². The molecule has 0 radical (unpaired) electrons. The molecule has 5 nitrogen and oxygen atoms in total. The lowest BCUT2D eigenvalue weighted by Crippen LogP contribution is -2.35. The van der Waals surface area contributed by atoms with Crippen LogP contribution >= 0.6 is 0 Å². The third-order valence-electron chi connectivity index (χ3n) is 3.40. The summed E-state index contributed by atoms with van der Waals surface area (Å²) in [5.74, 6) is 1.16. The monoisotopic (exact) mass is 313 g/mol. The number of hydrogen-bond acceptors (Lipinski definition) is 4. The molecule has 1 aromatic heterocycles. The van der Waals surface area contributed by atoms with Gasteiger partial charge in [-0.1, -0.05) is 20.8 Å². The average molecular weight is 313 g/mol. The van der Waals surface area contributed by atoms with Gasteiger partial charge in [0.1, 0.15) is 10.7 Å². The molecule has 0 spiro atoms. The standard InChI is InChI=1S/C15H27N3O2S/c1-6-9-16-15-8-7-14(11-17-15)21(19,20)18(5)13(4)10-12(2)3/h7-8,11-13H,6,9-10H2,1-5H3,(H,16,17). The lowest BCUT2D eigenvalue weighted by molar-refractivity contribution is 0.337. The smallest absolute Gasteiger partial charge is 0.244 e. The molecule has 0 amide bonds. The number of hydrogen-bond donors (Lipinski definition) is 1. The van der Waals surface area contributed by atoms with Gasteiger partial charge in [0, 0.05) is 25.8 Å². The lowest BCUT2D eigenvalue weighted by Gasteiger charge is -2.25. The Bertz CT molecular complexity index is 526. The minimum absolute atomic E-state index is 0.0344. The number of nitrogens with zero attached hydrogens (tertiary/aromatic N) is 2. The zero-order valence-electron chi connectivity index (χ0n) is 13.6. The van der Waals surface area contributed by atoms with Crippen LogP contribution in [0.3, 0.4) is 0 Å². The molecule has 0 aliphatic carbocycles. The Hall–Kier alpha value is -1.14. The van der Waals surface area contributed by atoms with E-state index in [4.69, 9.17) is 0 Å². The maximum atomic E-state index is 12.5. The Morgan fingerprint density at radius 1 is 1.29 bits per heavy atom. The van der Waals surface area contributed by atoms with Crippen molar-refractivity contribution in [3.63, 3.8) is 0 Å². The fourth-order valence-electron chi connectivity index (χ4n) is 2.12. The summed E-state index contributed by atoms with van der Waals surface area (Å²) in [6, 6.07) is 3.29. The van der Waals surface area contributed by atoms with Crippen molar-refractivity contribution in [2.75, 3.05) is 18.9 Å². The van der Waals surface area contributed by atoms with Crippen LogP contribution in [0.25, 0.3) is 0 Å². The van der Waals surface area contributed by atoms with E-state index in [-0.39, 0.29) is 10.9 Å². The number of pyridine rings is 1. The van der Waals surface area contributed by atoms with E-state index in [2.05, 4.69) is 31.1 Å². The van der Waals surface area contributed by atoms with Crippen LogP contribution in [0.15, 0.2) is 23.2 Å². The average Bonchev–Trinajstić information content (AvgIpc) is 2.43. The molecular formula is C15H27N3O2S. The number of rotatable bonds is 8. The molecule has 1 aromatic rings. The minimum Gasteiger partial charge on any atom is -0.370 e. The number of aromatic nitrogens is 1. The van der Waals surface area contributed by atoms with Gasteiger partial charge in [0.05, 0.1) is 0 Å². The Labute approximate surface area is 128 Å². The highest BCUT2D eigenvalue weighted by atomic mass is 32.2. The molecule has 1 unspecified atom stereocenters. The predicted octanol–water partition coefficient (Wildman–Crippen LogP) is 2.96. The molecule has 0 fully saturated rings. The van der Waals surface area contributed by atoms with E-state index >= 15 is 0 Å². The number of sulfonamides is 1. The summed E-state index contributed by atoms with van der Waals surface area (Å²) in [5, 5.41) is 3.13. The van der Waals surface area contributed by atoms with Gasteiger partial charge in [-0.05, 0) is 37.8 Å². The van der Waals surface area contributed by atoms with Gasteiger partial charge >= 0.3 is 0 Å². The van der Waals surface area contributed by atoms with Crippen molar-refractivity contribution >= 4 is 15.8 Å². The van der Waals surface area contributed by atoms with Crippen molar-refractivity contribution in [3.8, 4) is 0 Å². The highest BCUT2D eigenvalue weighted by molar-refractivity contribution is 7.89. The van der Waals surface area contributed by atoms with E-state index in [0.717, 1.165) is 19.4 Å². The molecule has 0 aliphatic heterocycles. The molecule has 1 N–H and O–H groups in total. The molecule has 0 aliphatic rings. The quantitative estimate of drug-likeness (QED) is 0.801. The summed E-state index contributed by atoms with van der Waals surface area (Å²) in [4.78, 5) is 4.41. The molecule has 1 atom stereocenters. The second kappa shape index (κ2) is 7.75. The minimum atomic E-state index is -3.48. The fraction of sp³-hybridized carbons (Fsp3) is 0.667. The van der Waals surface area contributed by atoms with Crippen molar-refractivity contribution in [1.82, 2.24) is 9.29 Å². The highest BCUT2D eigenvalue weighted by Gasteiger charge is 2.26. The van der Waals surface area contributed by atoms with Gasteiger partial charge in [-0.2, -0.15) is 4.31 Å². The number of anilines is 1. The second-order valence-corrected chi connectivity index (χ2v) is 7.80. The number of nitrogens with one attached hydrogen (secondary N) is 1. The van der Waals surface area contributed by atoms with Crippen LogP contribution in [0, 0.1) is 5.92 Å². The molecule has 0 saturated carbocycles. The molecule has 6 heteroatoms. The van der Waals surface area contributed by atoms with Gasteiger partial charge in [0.15, 0.2) is 0 Å². The predicted molar refractivity (Wildman–Crippen MR) is 86.9 cm³/mol. The Kier molecular flexibility index (Phi) is 6.61. The maximum Gasteiger partial charge on any atom is 0.244 e. The van der Waals surface area contributed by atoms with Gasteiger partial charge in [-0.25, -0.2) is 13.4 Å². The van der Waals surface area contributed by atoms with Crippen LogP contribution < -0.4 is 5.32 Å². The van der Waals surface area contributed by atoms with Crippen LogP contribution in [0.1, 0.15) is 40.5 Å². The summed E-state index contributed by atoms with van der Waals surface area (Å²) in [7, 11) is -1.85. The second-order valence-electron chi connectivity index (χ2n) is 5.81. The molecule has 1 heterocycles. The van der Waals surface area contributed by atoms with Crippen molar-refractivity contribution < 1.29 is 8.42 Å². The first-order chi connectivity index (χ1) is 9.78. The summed E-state index contributed by atoms with van der Waals surface area (Å²) >= 11 is 0. The molecule has 0 aromatic carbocycles. The molecule has 0 saturated heterocycles. The van der Waals surface area contributed by atoms with Crippen LogP contribution in [-0.2, 0) is 10.0 Å². The van der Waals surface area contributed by atoms with Gasteiger partial charge in [-0.3, -0.25) is 0 Å². The Balaban J connectivity index is 2.86. The normalized spacial score (nSPS) is 13.7.